The Morgan fingerprint density at radius 1 is 0.339 bits per heavy atom. The molecule has 0 aromatic heterocycles. The zero-order chi connectivity index (χ0) is 41.1. The van der Waals surface area contributed by atoms with Crippen LogP contribution in [0.2, 0.25) is 0 Å². The molecule has 0 bridgehead atoms. The fraction of sp³-hybridized carbons (Fsp3) is 0.370. The second-order valence-electron chi connectivity index (χ2n) is 20.3. The summed E-state index contributed by atoms with van der Waals surface area (Å²) >= 11 is 0. The number of nitrogens with zero attached hydrogens (tertiary/aromatic N) is 2. The molecular weight excluding hydrogens is 677 g/mol. The third kappa shape index (κ3) is 8.31. The van der Waals surface area contributed by atoms with E-state index in [0.29, 0.717) is 0 Å². The molecule has 56 heavy (non-hydrogen) atoms. The molecule has 292 valence electrons. The van der Waals surface area contributed by atoms with Gasteiger partial charge in [-0.05, 0) is 128 Å². The van der Waals surface area contributed by atoms with Crippen molar-refractivity contribution >= 4 is 11.4 Å². The minimum atomic E-state index is 0.0150. The first-order chi connectivity index (χ1) is 25.9. The molecule has 2 nitrogen and oxygen atoms in total. The molecule has 0 aliphatic carbocycles. The zero-order valence-corrected chi connectivity index (χ0v) is 37.3. The summed E-state index contributed by atoms with van der Waals surface area (Å²) in [7, 11) is 4.42. The Labute approximate surface area is 340 Å². The van der Waals surface area contributed by atoms with Crippen molar-refractivity contribution < 1.29 is 0 Å². The van der Waals surface area contributed by atoms with Crippen LogP contribution in [-0.4, -0.2) is 23.9 Å². The van der Waals surface area contributed by atoms with E-state index < -0.39 is 0 Å². The van der Waals surface area contributed by atoms with E-state index in [1.165, 1.54) is 89.6 Å². The van der Waals surface area contributed by atoms with Crippen molar-refractivity contribution in [3.63, 3.8) is 0 Å². The molecule has 0 spiro atoms. The third-order valence-corrected chi connectivity index (χ3v) is 11.9. The van der Waals surface area contributed by atoms with E-state index in [0.717, 1.165) is 0 Å². The van der Waals surface area contributed by atoms with Crippen LogP contribution < -0.4 is 0 Å². The molecule has 2 heteroatoms. The van der Waals surface area contributed by atoms with Crippen LogP contribution >= 0.6 is 0 Å². The van der Waals surface area contributed by atoms with E-state index in [4.69, 9.17) is 0 Å². The highest BCUT2D eigenvalue weighted by Gasteiger charge is 2.26. The average Bonchev–Trinajstić information content (AvgIpc) is 3.12. The summed E-state index contributed by atoms with van der Waals surface area (Å²) in [5.74, 6) is 0. The molecule has 0 saturated carbocycles. The van der Waals surface area contributed by atoms with Gasteiger partial charge in [0, 0.05) is 48.0 Å². The van der Waals surface area contributed by atoms with Crippen LogP contribution in [-0.2, 0) is 21.7 Å². The van der Waals surface area contributed by atoms with Crippen LogP contribution in [0.1, 0.15) is 130 Å². The minimum absolute atomic E-state index is 0.0150. The van der Waals surface area contributed by atoms with Gasteiger partial charge in [0.05, 0.1) is 0 Å². The predicted molar refractivity (Wildman–Crippen MR) is 245 cm³/mol. The molecule has 0 amide bonds. The van der Waals surface area contributed by atoms with Gasteiger partial charge in [0.1, 0.15) is 0 Å². The summed E-state index contributed by atoms with van der Waals surface area (Å²) < 4.78 is 0. The molecule has 4 aromatic rings. The van der Waals surface area contributed by atoms with Gasteiger partial charge in [-0.2, -0.15) is 0 Å². The lowest BCUT2D eigenvalue weighted by Crippen LogP contribution is -2.21. The van der Waals surface area contributed by atoms with Crippen LogP contribution in [0.15, 0.2) is 132 Å². The van der Waals surface area contributed by atoms with Crippen molar-refractivity contribution in [3.8, 4) is 22.3 Å². The molecular formula is C54H66N2. The molecule has 0 radical (unpaired) electrons. The van der Waals surface area contributed by atoms with Crippen LogP contribution in [0.25, 0.3) is 33.6 Å². The Balaban J connectivity index is 1.56. The summed E-state index contributed by atoms with van der Waals surface area (Å²) in [5.41, 5.74) is 20.4. The van der Waals surface area contributed by atoms with Crippen molar-refractivity contribution in [1.82, 2.24) is 9.80 Å². The Bertz CT molecular complexity index is 2120. The summed E-state index contributed by atoms with van der Waals surface area (Å²) in [6.45, 7) is 32.0. The highest BCUT2D eigenvalue weighted by atomic mass is 15.1. The van der Waals surface area contributed by atoms with Crippen LogP contribution in [0, 0.1) is 0 Å². The fourth-order valence-electron chi connectivity index (χ4n) is 7.69. The second kappa shape index (κ2) is 14.6. The largest absolute Gasteiger partial charge is 0.348 e. The molecule has 6 rings (SSSR count). The summed E-state index contributed by atoms with van der Waals surface area (Å²) in [5, 5.41) is 0. The Morgan fingerprint density at radius 2 is 0.625 bits per heavy atom. The zero-order valence-electron chi connectivity index (χ0n) is 37.3. The number of rotatable bonds is 4. The first kappa shape index (κ1) is 40.8. The highest BCUT2D eigenvalue weighted by molar-refractivity contribution is 5.87. The topological polar surface area (TPSA) is 6.48 Å². The normalized spacial score (nSPS) is 17.1. The van der Waals surface area contributed by atoms with Gasteiger partial charge >= 0.3 is 0 Å². The third-order valence-electron chi connectivity index (χ3n) is 11.9. The molecule has 4 aromatic carbocycles. The first-order valence-electron chi connectivity index (χ1n) is 20.5. The highest BCUT2D eigenvalue weighted by Crippen LogP contribution is 2.42. The van der Waals surface area contributed by atoms with Gasteiger partial charge in [0.15, 0.2) is 0 Å². The lowest BCUT2D eigenvalue weighted by Gasteiger charge is -2.33. The quantitative estimate of drug-likeness (QED) is 0.205. The van der Waals surface area contributed by atoms with Gasteiger partial charge in [-0.3, -0.25) is 0 Å². The van der Waals surface area contributed by atoms with Gasteiger partial charge < -0.3 is 9.80 Å². The van der Waals surface area contributed by atoms with E-state index in [1.807, 2.05) is 0 Å². The van der Waals surface area contributed by atoms with E-state index in [1.54, 1.807) is 0 Å². The van der Waals surface area contributed by atoms with E-state index >= 15 is 0 Å². The van der Waals surface area contributed by atoms with E-state index in [-0.39, 0.29) is 21.7 Å². The van der Waals surface area contributed by atoms with Gasteiger partial charge in [-0.25, -0.2) is 0 Å². The number of benzene rings is 4. The molecule has 2 aliphatic rings. The minimum Gasteiger partial charge on any atom is -0.348 e. The second-order valence-corrected chi connectivity index (χ2v) is 20.3. The molecule has 0 fully saturated rings. The Morgan fingerprint density at radius 3 is 0.911 bits per heavy atom. The molecule has 2 aliphatic heterocycles. The first-order valence-corrected chi connectivity index (χ1v) is 20.5. The van der Waals surface area contributed by atoms with Gasteiger partial charge in [0.2, 0.25) is 0 Å². The van der Waals surface area contributed by atoms with E-state index in [9.17, 15) is 0 Å². The van der Waals surface area contributed by atoms with Crippen LogP contribution in [0.5, 0.6) is 0 Å². The van der Waals surface area contributed by atoms with Gasteiger partial charge in [0.25, 0.3) is 0 Å². The molecule has 0 atom stereocenters. The lowest BCUT2D eigenvalue weighted by atomic mass is 9.82. The van der Waals surface area contributed by atoms with Crippen molar-refractivity contribution in [2.24, 2.45) is 0 Å². The summed E-state index contributed by atoms with van der Waals surface area (Å²) in [6, 6.07) is 32.6. The molecule has 0 N–H and O–H groups in total. The van der Waals surface area contributed by atoms with Crippen molar-refractivity contribution in [1.29, 1.82) is 0 Å². The lowest BCUT2D eigenvalue weighted by molar-refractivity contribution is 0.581. The standard InChI is InChI=1S/C54H66N2/c1-35-29-39(31-49(55(35)15)47-33-43(53(9,10)11)25-27-45(47)37-17-21-41(22-18-37)51(3,4)5)40-30-36(2)56(16)50(32-40)48-34-44(54(12,13)14)26-28-46(48)38-19-23-42(24-20-38)52(6,7)8/h17-34H,1-16H3/b40-39+. The van der Waals surface area contributed by atoms with Crippen LogP contribution in [0.4, 0.5) is 0 Å². The smallest absolute Gasteiger partial charge is 0.0491 e. The number of hydrogen-bond acceptors (Lipinski definition) is 2. The summed E-state index contributed by atoms with van der Waals surface area (Å²) in [6.07, 6.45) is 9.53. The monoisotopic (exact) mass is 743 g/mol. The molecule has 0 unspecified atom stereocenters. The van der Waals surface area contributed by atoms with E-state index in [2.05, 4.69) is 230 Å². The predicted octanol–water partition coefficient (Wildman–Crippen LogP) is 14.6. The van der Waals surface area contributed by atoms with Crippen molar-refractivity contribution in [2.45, 2.75) is 119 Å². The molecule has 2 heterocycles. The van der Waals surface area contributed by atoms with Gasteiger partial charge in [-0.1, -0.05) is 156 Å². The fourth-order valence-corrected chi connectivity index (χ4v) is 7.69. The number of hydrogen-bond donors (Lipinski definition) is 0. The Hall–Kier alpha value is -4.82. The van der Waals surface area contributed by atoms with Gasteiger partial charge in [-0.15, -0.1) is 0 Å². The maximum atomic E-state index is 2.43. The van der Waals surface area contributed by atoms with Crippen molar-refractivity contribution in [3.05, 3.63) is 165 Å². The maximum Gasteiger partial charge on any atom is 0.0491 e. The maximum absolute atomic E-state index is 2.43. The number of allylic oxidation sites excluding steroid dienone is 8. The molecule has 0 saturated heterocycles. The summed E-state index contributed by atoms with van der Waals surface area (Å²) in [4.78, 5) is 4.72. The average molecular weight is 743 g/mol. The Kier molecular flexibility index (Phi) is 10.6. The SMILES string of the molecule is CC1=C/C(=C2/C=C(C)N(C)C(c3cc(C(C)(C)C)ccc3-c3ccc(C(C)(C)C)cc3)=C2)C=C(c2cc(C(C)(C)C)ccc2-c2ccc(C(C)(C)C)cc2)N1C. The van der Waals surface area contributed by atoms with Crippen LogP contribution in [0.3, 0.4) is 0 Å². The van der Waals surface area contributed by atoms with Crippen molar-refractivity contribution in [2.75, 3.05) is 14.1 Å².